The van der Waals surface area contributed by atoms with Crippen LogP contribution in [0.25, 0.3) is 27.9 Å². The number of nitrogens with one attached hydrogen (secondary N) is 1. The highest BCUT2D eigenvalue weighted by Crippen LogP contribution is 2.21. The highest BCUT2D eigenvalue weighted by atomic mass is 19.1. The monoisotopic (exact) mass is 469 g/mol. The van der Waals surface area contributed by atoms with E-state index in [-0.39, 0.29) is 5.56 Å². The zero-order valence-electron chi connectivity index (χ0n) is 19.4. The van der Waals surface area contributed by atoms with Gasteiger partial charge < -0.3 is 0 Å². The number of fused-ring (bicyclic) bond motifs is 2. The summed E-state index contributed by atoms with van der Waals surface area (Å²) >= 11 is 0. The zero-order valence-corrected chi connectivity index (χ0v) is 19.4. The van der Waals surface area contributed by atoms with Gasteiger partial charge in [-0.15, -0.1) is 0 Å². The topological polar surface area (TPSA) is 88.3 Å². The molecule has 3 heterocycles. The number of hydrazine groups is 1. The summed E-state index contributed by atoms with van der Waals surface area (Å²) in [7, 11) is 1.75. The third-order valence-electron chi connectivity index (χ3n) is 5.71. The van der Waals surface area contributed by atoms with Crippen molar-refractivity contribution in [2.45, 2.75) is 19.8 Å². The van der Waals surface area contributed by atoms with E-state index in [0.717, 1.165) is 28.6 Å². The Balaban J connectivity index is 1.42. The summed E-state index contributed by atoms with van der Waals surface area (Å²) < 4.78 is 16.5. The molecule has 35 heavy (non-hydrogen) atoms. The lowest BCUT2D eigenvalue weighted by Crippen LogP contribution is -2.40. The van der Waals surface area contributed by atoms with Crippen molar-refractivity contribution in [3.05, 3.63) is 89.8 Å². The molecule has 0 saturated carbocycles. The van der Waals surface area contributed by atoms with Gasteiger partial charge in [-0.05, 0) is 42.3 Å². The fourth-order valence-electron chi connectivity index (χ4n) is 4.00. The van der Waals surface area contributed by atoms with Crippen LogP contribution in [0.1, 0.15) is 35.0 Å². The Kier molecular flexibility index (Phi) is 6.15. The van der Waals surface area contributed by atoms with Crippen LogP contribution in [-0.2, 0) is 6.42 Å². The summed E-state index contributed by atoms with van der Waals surface area (Å²) in [5.41, 5.74) is 6.53. The second-order valence-corrected chi connectivity index (χ2v) is 8.37. The van der Waals surface area contributed by atoms with Crippen LogP contribution in [0.4, 0.5) is 4.39 Å². The van der Waals surface area contributed by atoms with E-state index in [1.54, 1.807) is 41.2 Å². The lowest BCUT2D eigenvalue weighted by atomic mass is 10.1. The molecular formula is C26H24FN7O. The van der Waals surface area contributed by atoms with Gasteiger partial charge in [0.25, 0.3) is 11.7 Å². The molecule has 0 fully saturated rings. The summed E-state index contributed by atoms with van der Waals surface area (Å²) in [6, 6.07) is 14.5. The molecule has 0 radical (unpaired) electrons. The van der Waals surface area contributed by atoms with Crippen LogP contribution in [0, 0.1) is 5.82 Å². The van der Waals surface area contributed by atoms with Crippen molar-refractivity contribution in [1.82, 2.24) is 35.0 Å². The Morgan fingerprint density at radius 3 is 2.77 bits per heavy atom. The molecule has 1 amide bonds. The van der Waals surface area contributed by atoms with Gasteiger partial charge in [0.1, 0.15) is 11.5 Å². The molecule has 0 spiro atoms. The highest BCUT2D eigenvalue weighted by Gasteiger charge is 2.16. The maximum absolute atomic E-state index is 14.8. The molecule has 1 N–H and O–H groups in total. The number of aromatic nitrogens is 5. The second kappa shape index (κ2) is 9.55. The molecule has 0 aliphatic heterocycles. The standard InChI is InChI=1S/C26H24FN7O/c1-3-11-33(2)32-25(35)21-8-7-19(14-22(21)27)24-16-30-26-29-15-20(34(26)31-24)13-17-6-9-23-18(12-17)5-4-10-28-23/h4-10,12,14-16H,3,11,13H2,1-2H3,(H,32,35). The minimum absolute atomic E-state index is 0.0279. The maximum Gasteiger partial charge on any atom is 0.268 e. The number of hydrogen-bond donors (Lipinski definition) is 1. The first-order valence-electron chi connectivity index (χ1n) is 11.4. The first-order chi connectivity index (χ1) is 17.0. The minimum atomic E-state index is -0.623. The average Bonchev–Trinajstić information content (AvgIpc) is 3.25. The lowest BCUT2D eigenvalue weighted by Gasteiger charge is -2.17. The van der Waals surface area contributed by atoms with Crippen LogP contribution >= 0.6 is 0 Å². The quantitative estimate of drug-likeness (QED) is 0.362. The summed E-state index contributed by atoms with van der Waals surface area (Å²) in [5, 5.41) is 7.36. The number of hydrogen-bond acceptors (Lipinski definition) is 6. The first-order valence-corrected chi connectivity index (χ1v) is 11.4. The molecule has 8 nitrogen and oxygen atoms in total. The molecule has 3 aromatic heterocycles. The maximum atomic E-state index is 14.8. The smallest absolute Gasteiger partial charge is 0.268 e. The van der Waals surface area contributed by atoms with Crippen molar-refractivity contribution in [3.8, 4) is 11.3 Å². The number of carbonyl (C=O) groups is 1. The van der Waals surface area contributed by atoms with Gasteiger partial charge in [0.2, 0.25) is 0 Å². The largest absolute Gasteiger partial charge is 0.285 e. The summed E-state index contributed by atoms with van der Waals surface area (Å²) in [6.45, 7) is 2.67. The molecule has 2 aromatic carbocycles. The molecule has 0 atom stereocenters. The van der Waals surface area contributed by atoms with Crippen molar-refractivity contribution in [3.63, 3.8) is 0 Å². The van der Waals surface area contributed by atoms with Crippen molar-refractivity contribution < 1.29 is 9.18 Å². The number of imidazole rings is 1. The molecule has 0 aliphatic rings. The zero-order chi connectivity index (χ0) is 24.4. The Morgan fingerprint density at radius 2 is 1.94 bits per heavy atom. The Hall–Kier alpha value is -4.24. The Labute approximate surface area is 201 Å². The van der Waals surface area contributed by atoms with E-state index >= 15 is 0 Å². The van der Waals surface area contributed by atoms with Gasteiger partial charge in [0.05, 0.1) is 29.2 Å². The summed E-state index contributed by atoms with van der Waals surface area (Å²) in [6.07, 6.45) is 6.54. The molecule has 5 rings (SSSR count). The van der Waals surface area contributed by atoms with Crippen molar-refractivity contribution >= 4 is 22.6 Å². The van der Waals surface area contributed by atoms with Gasteiger partial charge in [0, 0.05) is 37.2 Å². The van der Waals surface area contributed by atoms with Crippen LogP contribution < -0.4 is 5.43 Å². The van der Waals surface area contributed by atoms with Gasteiger partial charge in [0.15, 0.2) is 0 Å². The minimum Gasteiger partial charge on any atom is -0.285 e. The van der Waals surface area contributed by atoms with Crippen LogP contribution in [0.5, 0.6) is 0 Å². The van der Waals surface area contributed by atoms with Crippen LogP contribution in [0.3, 0.4) is 0 Å². The number of pyridine rings is 1. The van der Waals surface area contributed by atoms with E-state index in [0.29, 0.717) is 30.0 Å². The average molecular weight is 470 g/mol. The molecule has 176 valence electrons. The number of rotatable bonds is 7. The van der Waals surface area contributed by atoms with Gasteiger partial charge >= 0.3 is 0 Å². The number of halogens is 1. The van der Waals surface area contributed by atoms with Gasteiger partial charge in [-0.3, -0.25) is 15.2 Å². The predicted molar refractivity (Wildman–Crippen MR) is 131 cm³/mol. The number of benzene rings is 2. The number of amides is 1. The van der Waals surface area contributed by atoms with Gasteiger partial charge in [-0.25, -0.2) is 23.9 Å². The van der Waals surface area contributed by atoms with E-state index in [2.05, 4.69) is 31.5 Å². The molecule has 0 unspecified atom stereocenters. The molecule has 9 heteroatoms. The van der Waals surface area contributed by atoms with E-state index < -0.39 is 11.7 Å². The van der Waals surface area contributed by atoms with E-state index in [1.165, 1.54) is 12.1 Å². The third kappa shape index (κ3) is 4.71. The molecule has 0 saturated heterocycles. The van der Waals surface area contributed by atoms with Crippen LogP contribution in [0.2, 0.25) is 0 Å². The van der Waals surface area contributed by atoms with Crippen molar-refractivity contribution in [2.75, 3.05) is 13.6 Å². The number of nitrogens with zero attached hydrogens (tertiary/aromatic N) is 6. The Bertz CT molecular complexity index is 1530. The molecule has 0 bridgehead atoms. The molecule has 0 aliphatic carbocycles. The Morgan fingerprint density at radius 1 is 1.09 bits per heavy atom. The SMILES string of the molecule is CCCN(C)NC(=O)c1ccc(-c2cnc3ncc(Cc4ccc5ncccc5c4)n3n2)cc1F. The fraction of sp³-hybridized carbons (Fsp3) is 0.192. The second-order valence-electron chi connectivity index (χ2n) is 8.37. The third-order valence-corrected chi connectivity index (χ3v) is 5.71. The first kappa shape index (κ1) is 22.5. The van der Waals surface area contributed by atoms with Gasteiger partial charge in [-0.2, -0.15) is 5.10 Å². The highest BCUT2D eigenvalue weighted by molar-refractivity contribution is 5.94. The fourth-order valence-corrected chi connectivity index (χ4v) is 4.00. The van der Waals surface area contributed by atoms with E-state index in [9.17, 15) is 9.18 Å². The van der Waals surface area contributed by atoms with Crippen LogP contribution in [-0.4, -0.2) is 49.1 Å². The lowest BCUT2D eigenvalue weighted by molar-refractivity contribution is 0.0824. The predicted octanol–water partition coefficient (Wildman–Crippen LogP) is 4.06. The van der Waals surface area contributed by atoms with E-state index in [1.807, 2.05) is 31.2 Å². The summed E-state index contributed by atoms with van der Waals surface area (Å²) in [4.78, 5) is 25.5. The van der Waals surface area contributed by atoms with E-state index in [4.69, 9.17) is 0 Å². The normalized spacial score (nSPS) is 11.4. The van der Waals surface area contributed by atoms with Crippen molar-refractivity contribution in [1.29, 1.82) is 0 Å². The van der Waals surface area contributed by atoms with Crippen molar-refractivity contribution in [2.24, 2.45) is 0 Å². The summed E-state index contributed by atoms with van der Waals surface area (Å²) in [5.74, 6) is -0.655. The molecular weight excluding hydrogens is 445 g/mol. The van der Waals surface area contributed by atoms with Gasteiger partial charge in [-0.1, -0.05) is 25.1 Å². The number of carbonyl (C=O) groups excluding carboxylic acids is 1. The molecule has 5 aromatic rings. The van der Waals surface area contributed by atoms with Crippen LogP contribution in [0.15, 0.2) is 67.1 Å².